The van der Waals surface area contributed by atoms with E-state index in [0.717, 1.165) is 0 Å². The number of hydrogen-bond donors (Lipinski definition) is 0. The van der Waals surface area contributed by atoms with Gasteiger partial charge in [-0.05, 0) is 13.8 Å². The molecule has 0 saturated carbocycles. The van der Waals surface area contributed by atoms with Crippen LogP contribution in [0.2, 0.25) is 0 Å². The maximum atomic E-state index is 7.64. The van der Waals surface area contributed by atoms with Crippen LogP contribution in [0.4, 0.5) is 0 Å². The van der Waals surface area contributed by atoms with Gasteiger partial charge in [-0.15, -0.1) is 0 Å². The molecule has 0 aromatic heterocycles. The zero-order valence-corrected chi connectivity index (χ0v) is 3.88. The van der Waals surface area contributed by atoms with Crippen LogP contribution in [0.3, 0.4) is 0 Å². The summed E-state index contributed by atoms with van der Waals surface area (Å²) in [5.74, 6) is 0. The SMILES string of the molecule is CC(C)ON=[N-]. The molecule has 3 nitrogen and oxygen atoms in total. The minimum Gasteiger partial charge on any atom is -0.670 e. The molecule has 0 bridgehead atoms. The summed E-state index contributed by atoms with van der Waals surface area (Å²) in [5, 5.41) is 2.44. The molecule has 0 saturated heterocycles. The van der Waals surface area contributed by atoms with E-state index in [-0.39, 0.29) is 6.10 Å². The maximum Gasteiger partial charge on any atom is 0.119 e. The summed E-state index contributed by atoms with van der Waals surface area (Å²) in [5.41, 5.74) is 7.64. The molecule has 0 aromatic rings. The van der Waals surface area contributed by atoms with Crippen LogP contribution in [-0.2, 0) is 4.84 Å². The second-order valence-electron chi connectivity index (χ2n) is 1.24. The quantitative estimate of drug-likeness (QED) is 0.370. The van der Waals surface area contributed by atoms with E-state index in [9.17, 15) is 0 Å². The summed E-state index contributed by atoms with van der Waals surface area (Å²) >= 11 is 0. The van der Waals surface area contributed by atoms with Crippen molar-refractivity contribution in [2.24, 2.45) is 5.28 Å². The summed E-state index contributed by atoms with van der Waals surface area (Å²) in [7, 11) is 0. The van der Waals surface area contributed by atoms with Gasteiger partial charge >= 0.3 is 0 Å². The standard InChI is InChI=1S/C3H7N2O/c1-3(2)6-5-4/h3H,1-2H3/q-1. The maximum absolute atomic E-state index is 7.64. The molecule has 0 aliphatic carbocycles. The van der Waals surface area contributed by atoms with Crippen molar-refractivity contribution in [2.45, 2.75) is 20.0 Å². The van der Waals surface area contributed by atoms with Crippen molar-refractivity contribution < 1.29 is 4.84 Å². The Bertz CT molecular complexity index is 44.1. The van der Waals surface area contributed by atoms with E-state index < -0.39 is 0 Å². The van der Waals surface area contributed by atoms with E-state index >= 15 is 0 Å². The first-order chi connectivity index (χ1) is 2.77. The zero-order chi connectivity index (χ0) is 4.99. The first kappa shape index (κ1) is 5.40. The Labute approximate surface area is 36.8 Å². The fourth-order valence-corrected chi connectivity index (χ4v) is 0.0943. The topological polar surface area (TPSA) is 43.9 Å². The molecule has 0 heterocycles. The van der Waals surface area contributed by atoms with Gasteiger partial charge in [0.2, 0.25) is 0 Å². The molecular weight excluding hydrogens is 80.0 g/mol. The Kier molecular flexibility index (Phi) is 2.36. The first-order valence-electron chi connectivity index (χ1n) is 1.77. The highest BCUT2D eigenvalue weighted by Gasteiger charge is 1.81. The molecule has 0 rings (SSSR count). The van der Waals surface area contributed by atoms with Gasteiger partial charge in [0, 0.05) is 0 Å². The summed E-state index contributed by atoms with van der Waals surface area (Å²) < 4.78 is 0. The van der Waals surface area contributed by atoms with Crippen molar-refractivity contribution >= 4 is 0 Å². The highest BCUT2D eigenvalue weighted by molar-refractivity contribution is 4.28. The Morgan fingerprint density at radius 2 is 2.17 bits per heavy atom. The Morgan fingerprint density at radius 3 is 2.17 bits per heavy atom. The van der Waals surface area contributed by atoms with E-state index in [0.29, 0.717) is 0 Å². The lowest BCUT2D eigenvalue weighted by atomic mass is 10.5. The molecule has 0 atom stereocenters. The third kappa shape index (κ3) is 3.40. The fourth-order valence-electron chi connectivity index (χ4n) is 0.0943. The second-order valence-corrected chi connectivity index (χ2v) is 1.24. The molecule has 3 heteroatoms. The molecular formula is C3H7N2O-. The molecule has 36 valence electrons. The number of rotatable bonds is 2. The van der Waals surface area contributed by atoms with E-state index in [1.54, 1.807) is 13.8 Å². The minimum atomic E-state index is -0.0185. The smallest absolute Gasteiger partial charge is 0.119 e. The van der Waals surface area contributed by atoms with Crippen LogP contribution in [0.5, 0.6) is 0 Å². The van der Waals surface area contributed by atoms with Gasteiger partial charge in [0.1, 0.15) is 6.10 Å². The van der Waals surface area contributed by atoms with Crippen LogP contribution in [0.1, 0.15) is 13.8 Å². The lowest BCUT2D eigenvalue weighted by Crippen LogP contribution is -1.92. The van der Waals surface area contributed by atoms with Gasteiger partial charge in [0.25, 0.3) is 0 Å². The van der Waals surface area contributed by atoms with Crippen LogP contribution in [0.15, 0.2) is 5.28 Å². The van der Waals surface area contributed by atoms with Crippen molar-refractivity contribution in [1.29, 1.82) is 0 Å². The van der Waals surface area contributed by atoms with E-state index in [4.69, 9.17) is 5.53 Å². The van der Waals surface area contributed by atoms with Crippen LogP contribution < -0.4 is 0 Å². The second kappa shape index (κ2) is 2.63. The molecule has 0 N–H and O–H groups in total. The van der Waals surface area contributed by atoms with Crippen molar-refractivity contribution in [3.63, 3.8) is 0 Å². The Hall–Kier alpha value is -0.600. The highest BCUT2D eigenvalue weighted by atomic mass is 16.6. The van der Waals surface area contributed by atoms with Gasteiger partial charge in [-0.2, -0.15) is 0 Å². The van der Waals surface area contributed by atoms with Gasteiger partial charge in [-0.25, -0.2) is 5.28 Å². The van der Waals surface area contributed by atoms with Crippen molar-refractivity contribution in [1.82, 2.24) is 0 Å². The predicted octanol–water partition coefficient (Wildman–Crippen LogP) is 1.35. The molecule has 0 radical (unpaired) electrons. The highest BCUT2D eigenvalue weighted by Crippen LogP contribution is 1.84. The lowest BCUT2D eigenvalue weighted by molar-refractivity contribution is 0.0819. The third-order valence-electron chi connectivity index (χ3n) is 0.258. The predicted molar refractivity (Wildman–Crippen MR) is 22.0 cm³/mol. The summed E-state index contributed by atoms with van der Waals surface area (Å²) in [4.78, 5) is 4.22. The van der Waals surface area contributed by atoms with E-state index in [1.807, 2.05) is 0 Å². The van der Waals surface area contributed by atoms with Gasteiger partial charge in [-0.3, -0.25) is 0 Å². The number of hydrogen-bond acceptors (Lipinski definition) is 2. The van der Waals surface area contributed by atoms with Gasteiger partial charge in [-0.1, -0.05) is 0 Å². The molecule has 0 aliphatic heterocycles. The monoisotopic (exact) mass is 87.1 g/mol. The zero-order valence-electron chi connectivity index (χ0n) is 3.88. The van der Waals surface area contributed by atoms with Crippen LogP contribution in [-0.4, -0.2) is 6.10 Å². The van der Waals surface area contributed by atoms with Crippen molar-refractivity contribution in [3.8, 4) is 0 Å². The van der Waals surface area contributed by atoms with Crippen LogP contribution in [0, 0.1) is 0 Å². The molecule has 0 fully saturated rings. The van der Waals surface area contributed by atoms with Crippen molar-refractivity contribution in [3.05, 3.63) is 5.53 Å². The molecule has 0 aliphatic rings. The molecule has 6 heavy (non-hydrogen) atoms. The third-order valence-corrected chi connectivity index (χ3v) is 0.258. The number of nitrogens with zero attached hydrogens (tertiary/aromatic N) is 2. The van der Waals surface area contributed by atoms with Crippen molar-refractivity contribution in [2.75, 3.05) is 0 Å². The summed E-state index contributed by atoms with van der Waals surface area (Å²) in [6.45, 7) is 3.56. The summed E-state index contributed by atoms with van der Waals surface area (Å²) in [6, 6.07) is 0. The Balaban J connectivity index is 2.81. The van der Waals surface area contributed by atoms with E-state index in [1.165, 1.54) is 0 Å². The van der Waals surface area contributed by atoms with E-state index in [2.05, 4.69) is 10.1 Å². The molecule has 0 spiro atoms. The first-order valence-corrected chi connectivity index (χ1v) is 1.77. The van der Waals surface area contributed by atoms with Gasteiger partial charge in [0.15, 0.2) is 0 Å². The summed E-state index contributed by atoms with van der Waals surface area (Å²) in [6.07, 6.45) is -0.0185. The van der Waals surface area contributed by atoms with Gasteiger partial charge in [0.05, 0.1) is 0 Å². The van der Waals surface area contributed by atoms with Gasteiger partial charge < -0.3 is 10.4 Å². The molecule has 0 aromatic carbocycles. The van der Waals surface area contributed by atoms with Crippen LogP contribution in [0.25, 0.3) is 5.53 Å². The fraction of sp³-hybridized carbons (Fsp3) is 1.00. The lowest BCUT2D eigenvalue weighted by Gasteiger charge is -2.01. The molecule has 0 unspecified atom stereocenters. The average molecular weight is 87.1 g/mol. The minimum absolute atomic E-state index is 0.0185. The molecule has 0 amide bonds. The normalized spacial score (nSPS) is 8.50. The van der Waals surface area contributed by atoms with Crippen LogP contribution >= 0.6 is 0 Å². The average Bonchev–Trinajstić information content (AvgIpc) is 1.35. The largest absolute Gasteiger partial charge is 0.670 e. The Morgan fingerprint density at radius 1 is 1.67 bits per heavy atom.